The van der Waals surface area contributed by atoms with E-state index >= 15 is 0 Å². The molecule has 1 atom stereocenters. The van der Waals surface area contributed by atoms with Gasteiger partial charge in [0.15, 0.2) is 0 Å². The molecule has 0 radical (unpaired) electrons. The molecule has 1 amide bonds. The van der Waals surface area contributed by atoms with Crippen LogP contribution in [-0.2, 0) is 4.74 Å². The van der Waals surface area contributed by atoms with Gasteiger partial charge < -0.3 is 14.4 Å². The number of ether oxygens (including phenoxy) is 1. The lowest BCUT2D eigenvalue weighted by Crippen LogP contribution is -2.32. The number of amides is 1. The SMILES string of the molecule is O=C(O)c1noc(C2CCCN2C(=O)OCC2c3ccccc3-c3ccccc32)n1. The molecule has 1 aliphatic carbocycles. The molecule has 2 aliphatic rings. The highest BCUT2D eigenvalue weighted by Crippen LogP contribution is 2.44. The molecule has 3 aromatic rings. The van der Waals surface area contributed by atoms with E-state index in [0.29, 0.717) is 13.0 Å². The van der Waals surface area contributed by atoms with E-state index in [4.69, 9.17) is 14.4 Å². The van der Waals surface area contributed by atoms with Crippen molar-refractivity contribution in [3.8, 4) is 11.1 Å². The molecule has 1 N–H and O–H groups in total. The van der Waals surface area contributed by atoms with Crippen molar-refractivity contribution in [2.24, 2.45) is 0 Å². The molecule has 30 heavy (non-hydrogen) atoms. The third kappa shape index (κ3) is 3.01. The zero-order valence-electron chi connectivity index (χ0n) is 16.0. The Morgan fingerprint density at radius 1 is 1.10 bits per heavy atom. The van der Waals surface area contributed by atoms with E-state index in [1.807, 2.05) is 24.3 Å². The molecule has 8 nitrogen and oxygen atoms in total. The number of hydrogen-bond donors (Lipinski definition) is 1. The molecular formula is C22H19N3O5. The molecule has 1 fully saturated rings. The van der Waals surface area contributed by atoms with Crippen molar-refractivity contribution in [1.82, 2.24) is 15.0 Å². The second-order valence-corrected chi connectivity index (χ2v) is 7.42. The standard InChI is InChI=1S/C22H19N3O5/c26-21(27)19-23-20(30-24-19)18-10-5-11-25(18)22(28)29-12-17-15-8-3-1-6-13(15)14-7-2-4-9-16(14)17/h1-4,6-9,17-18H,5,10-12H2,(H,26,27). The summed E-state index contributed by atoms with van der Waals surface area (Å²) in [4.78, 5) is 29.3. The topological polar surface area (TPSA) is 106 Å². The number of fused-ring (bicyclic) bond motifs is 3. The van der Waals surface area contributed by atoms with Crippen LogP contribution < -0.4 is 0 Å². The third-order valence-corrected chi connectivity index (χ3v) is 5.74. The minimum atomic E-state index is -1.27. The van der Waals surface area contributed by atoms with Crippen molar-refractivity contribution in [1.29, 1.82) is 0 Å². The summed E-state index contributed by atoms with van der Waals surface area (Å²) >= 11 is 0. The number of aromatic nitrogens is 2. The van der Waals surface area contributed by atoms with E-state index in [1.165, 1.54) is 16.0 Å². The van der Waals surface area contributed by atoms with Gasteiger partial charge in [-0.2, -0.15) is 4.98 Å². The number of carboxylic acids is 1. The Hall–Kier alpha value is -3.68. The van der Waals surface area contributed by atoms with E-state index < -0.39 is 23.9 Å². The first-order valence-corrected chi connectivity index (χ1v) is 9.82. The molecule has 0 spiro atoms. The number of nitrogens with zero attached hydrogens (tertiary/aromatic N) is 3. The summed E-state index contributed by atoms with van der Waals surface area (Å²) in [5, 5.41) is 12.4. The second-order valence-electron chi connectivity index (χ2n) is 7.42. The van der Waals surface area contributed by atoms with Crippen LogP contribution in [0.5, 0.6) is 0 Å². The predicted molar refractivity (Wildman–Crippen MR) is 105 cm³/mol. The minimum absolute atomic E-state index is 0.0237. The molecule has 0 bridgehead atoms. The van der Waals surface area contributed by atoms with E-state index in [9.17, 15) is 9.59 Å². The van der Waals surface area contributed by atoms with Gasteiger partial charge in [0.25, 0.3) is 5.82 Å². The third-order valence-electron chi connectivity index (χ3n) is 5.74. The van der Waals surface area contributed by atoms with Crippen LogP contribution in [0.3, 0.4) is 0 Å². The van der Waals surface area contributed by atoms with Gasteiger partial charge >= 0.3 is 12.1 Å². The first-order valence-electron chi connectivity index (χ1n) is 9.82. The van der Waals surface area contributed by atoms with Crippen molar-refractivity contribution in [3.05, 3.63) is 71.4 Å². The van der Waals surface area contributed by atoms with Gasteiger partial charge in [-0.15, -0.1) is 0 Å². The second kappa shape index (κ2) is 7.29. The van der Waals surface area contributed by atoms with E-state index in [1.54, 1.807) is 0 Å². The number of benzene rings is 2. The first-order chi connectivity index (χ1) is 14.6. The highest BCUT2D eigenvalue weighted by molar-refractivity contribution is 5.82. The van der Waals surface area contributed by atoms with Crippen LogP contribution in [0.1, 0.15) is 52.4 Å². The number of carbonyl (C=O) groups is 2. The molecule has 1 aromatic heterocycles. The maximum Gasteiger partial charge on any atom is 0.410 e. The molecule has 5 rings (SSSR count). The van der Waals surface area contributed by atoms with E-state index in [-0.39, 0.29) is 18.4 Å². The molecule has 152 valence electrons. The van der Waals surface area contributed by atoms with Crippen molar-refractivity contribution in [2.75, 3.05) is 13.2 Å². The van der Waals surface area contributed by atoms with Gasteiger partial charge in [-0.3, -0.25) is 4.90 Å². The normalized spacial score (nSPS) is 17.6. The Bertz CT molecular complexity index is 1080. The number of likely N-dealkylation sites (tertiary alicyclic amines) is 1. The Morgan fingerprint density at radius 2 is 1.77 bits per heavy atom. The summed E-state index contributed by atoms with van der Waals surface area (Å²) < 4.78 is 10.8. The highest BCUT2D eigenvalue weighted by atomic mass is 16.6. The minimum Gasteiger partial charge on any atom is -0.475 e. The fourth-order valence-corrected chi connectivity index (χ4v) is 4.38. The molecule has 0 saturated carbocycles. The number of rotatable bonds is 4. The van der Waals surface area contributed by atoms with Gasteiger partial charge in [-0.05, 0) is 40.3 Å². The summed E-state index contributed by atoms with van der Waals surface area (Å²) in [5.41, 5.74) is 4.63. The van der Waals surface area contributed by atoms with Gasteiger partial charge in [0.05, 0.1) is 0 Å². The lowest BCUT2D eigenvalue weighted by Gasteiger charge is -2.22. The lowest BCUT2D eigenvalue weighted by molar-refractivity contribution is 0.0679. The van der Waals surface area contributed by atoms with Crippen LogP contribution >= 0.6 is 0 Å². The Balaban J connectivity index is 1.33. The zero-order chi connectivity index (χ0) is 20.7. The van der Waals surface area contributed by atoms with Crippen molar-refractivity contribution in [3.63, 3.8) is 0 Å². The molecule has 1 aliphatic heterocycles. The average Bonchev–Trinajstić information content (AvgIpc) is 3.49. The Morgan fingerprint density at radius 3 is 2.40 bits per heavy atom. The number of carbonyl (C=O) groups excluding carboxylic acids is 1. The fraction of sp³-hybridized carbons (Fsp3) is 0.273. The van der Waals surface area contributed by atoms with E-state index in [2.05, 4.69) is 34.4 Å². The van der Waals surface area contributed by atoms with Gasteiger partial charge in [0.1, 0.15) is 12.6 Å². The van der Waals surface area contributed by atoms with Gasteiger partial charge in [0, 0.05) is 12.5 Å². The summed E-state index contributed by atoms with van der Waals surface area (Å²) in [7, 11) is 0. The molecule has 2 heterocycles. The lowest BCUT2D eigenvalue weighted by atomic mass is 9.98. The fourth-order valence-electron chi connectivity index (χ4n) is 4.38. The Kier molecular flexibility index (Phi) is 4.46. The summed E-state index contributed by atoms with van der Waals surface area (Å²) in [6.07, 6.45) is 0.903. The van der Waals surface area contributed by atoms with Crippen LogP contribution in [0, 0.1) is 0 Å². The van der Waals surface area contributed by atoms with Gasteiger partial charge in [-0.25, -0.2) is 9.59 Å². The molecule has 2 aromatic carbocycles. The van der Waals surface area contributed by atoms with Crippen molar-refractivity contribution < 1.29 is 24.0 Å². The largest absolute Gasteiger partial charge is 0.475 e. The number of carboxylic acid groups (broad SMARTS) is 1. The first kappa shape index (κ1) is 18.4. The van der Waals surface area contributed by atoms with E-state index in [0.717, 1.165) is 17.5 Å². The van der Waals surface area contributed by atoms with Gasteiger partial charge in [0.2, 0.25) is 5.89 Å². The highest BCUT2D eigenvalue weighted by Gasteiger charge is 2.37. The zero-order valence-corrected chi connectivity index (χ0v) is 16.0. The molecule has 1 saturated heterocycles. The molecule has 8 heteroatoms. The maximum atomic E-state index is 12.8. The summed E-state index contributed by atoms with van der Waals surface area (Å²) in [5.74, 6) is -1.58. The average molecular weight is 405 g/mol. The molecular weight excluding hydrogens is 386 g/mol. The van der Waals surface area contributed by atoms with Crippen molar-refractivity contribution >= 4 is 12.1 Å². The van der Waals surface area contributed by atoms with Crippen LogP contribution in [0.25, 0.3) is 11.1 Å². The van der Waals surface area contributed by atoms with Crippen molar-refractivity contribution in [2.45, 2.75) is 24.8 Å². The Labute approximate surface area is 172 Å². The van der Waals surface area contributed by atoms with Crippen LogP contribution in [0.2, 0.25) is 0 Å². The monoisotopic (exact) mass is 405 g/mol. The number of hydrogen-bond acceptors (Lipinski definition) is 6. The summed E-state index contributed by atoms with van der Waals surface area (Å²) in [6.45, 7) is 0.715. The quantitative estimate of drug-likeness (QED) is 0.703. The summed E-state index contributed by atoms with van der Waals surface area (Å²) in [6, 6.07) is 15.8. The van der Waals surface area contributed by atoms with Gasteiger partial charge in [-0.1, -0.05) is 48.5 Å². The molecule has 1 unspecified atom stereocenters. The van der Waals surface area contributed by atoms with Crippen LogP contribution in [-0.4, -0.2) is 45.4 Å². The van der Waals surface area contributed by atoms with Crippen LogP contribution in [0.15, 0.2) is 53.1 Å². The number of aromatic carboxylic acids is 1. The smallest absolute Gasteiger partial charge is 0.410 e. The maximum absolute atomic E-state index is 12.8. The predicted octanol–water partition coefficient (Wildman–Crippen LogP) is 3.85. The van der Waals surface area contributed by atoms with Crippen LogP contribution in [0.4, 0.5) is 4.79 Å².